The molecular weight excluding hydrogens is 220 g/mol. The third-order valence-electron chi connectivity index (χ3n) is 2.79. The first kappa shape index (κ1) is 11.7. The maximum atomic E-state index is 5.43. The summed E-state index contributed by atoms with van der Waals surface area (Å²) in [6.07, 6.45) is 3.03. The zero-order valence-electron chi connectivity index (χ0n) is 9.59. The van der Waals surface area contributed by atoms with Crippen molar-refractivity contribution in [1.29, 1.82) is 0 Å². The van der Waals surface area contributed by atoms with Crippen molar-refractivity contribution in [3.63, 3.8) is 0 Å². The lowest BCUT2D eigenvalue weighted by molar-refractivity contribution is 0.152. The van der Waals surface area contributed by atoms with Crippen LogP contribution in [0.5, 0.6) is 0 Å². The number of nitrogens with zero attached hydrogens (tertiary/aromatic N) is 2. The molecule has 3 nitrogen and oxygen atoms in total. The molecule has 1 fully saturated rings. The van der Waals surface area contributed by atoms with Gasteiger partial charge in [0.15, 0.2) is 0 Å². The predicted molar refractivity (Wildman–Crippen MR) is 69.3 cm³/mol. The third-order valence-corrected chi connectivity index (χ3v) is 3.05. The van der Waals surface area contributed by atoms with Gasteiger partial charge in [-0.25, -0.2) is 0 Å². The fraction of sp³-hybridized carbons (Fsp3) is 0.583. The maximum Gasteiger partial charge on any atom is 0.0641 e. The van der Waals surface area contributed by atoms with Crippen molar-refractivity contribution in [2.75, 3.05) is 31.2 Å². The van der Waals surface area contributed by atoms with Crippen LogP contribution < -0.4 is 4.90 Å². The van der Waals surface area contributed by atoms with Crippen LogP contribution in [-0.4, -0.2) is 31.3 Å². The Hall–Kier alpha value is -0.740. The van der Waals surface area contributed by atoms with Gasteiger partial charge in [-0.1, -0.05) is 0 Å². The number of hydrogen-bond donors (Lipinski definition) is 1. The molecule has 1 unspecified atom stereocenters. The zero-order chi connectivity index (χ0) is 11.4. The minimum Gasteiger partial charge on any atom is -0.380 e. The Balaban J connectivity index is 2.07. The van der Waals surface area contributed by atoms with Gasteiger partial charge >= 0.3 is 0 Å². The number of pyridine rings is 1. The van der Waals surface area contributed by atoms with Crippen molar-refractivity contribution in [3.8, 4) is 0 Å². The number of aromatic nitrogens is 1. The van der Waals surface area contributed by atoms with E-state index in [1.54, 1.807) is 0 Å². The second kappa shape index (κ2) is 5.55. The van der Waals surface area contributed by atoms with E-state index < -0.39 is 0 Å². The first-order valence-corrected chi connectivity index (χ1v) is 6.26. The van der Waals surface area contributed by atoms with E-state index >= 15 is 0 Å². The van der Waals surface area contributed by atoms with Crippen molar-refractivity contribution in [3.05, 3.63) is 24.0 Å². The number of anilines is 1. The summed E-state index contributed by atoms with van der Waals surface area (Å²) < 4.78 is 5.43. The van der Waals surface area contributed by atoms with Gasteiger partial charge in [0.05, 0.1) is 24.2 Å². The summed E-state index contributed by atoms with van der Waals surface area (Å²) >= 11 is 4.37. The molecule has 2 heterocycles. The fourth-order valence-corrected chi connectivity index (χ4v) is 1.99. The van der Waals surface area contributed by atoms with Crippen LogP contribution in [0.3, 0.4) is 0 Å². The Bertz CT molecular complexity index is 318. The first-order chi connectivity index (χ1) is 7.77. The molecule has 16 heavy (non-hydrogen) atoms. The molecule has 88 valence electrons. The lowest BCUT2D eigenvalue weighted by atomic mass is 10.2. The van der Waals surface area contributed by atoms with Crippen LogP contribution in [0.2, 0.25) is 0 Å². The van der Waals surface area contributed by atoms with Crippen LogP contribution in [0, 0.1) is 0 Å². The summed E-state index contributed by atoms with van der Waals surface area (Å²) in [6, 6.07) is 4.18. The highest BCUT2D eigenvalue weighted by atomic mass is 32.1. The quantitative estimate of drug-likeness (QED) is 0.800. The molecule has 1 saturated heterocycles. The lowest BCUT2D eigenvalue weighted by Gasteiger charge is -2.21. The van der Waals surface area contributed by atoms with Crippen LogP contribution >= 0.6 is 12.6 Å². The Morgan fingerprint density at radius 1 is 1.38 bits per heavy atom. The SMILES string of the molecule is CC(S)c1ccc(N2CCCOCC2)cn1. The normalized spacial score (nSPS) is 19.2. The average Bonchev–Trinajstić information content (AvgIpc) is 2.57. The van der Waals surface area contributed by atoms with E-state index in [9.17, 15) is 0 Å². The standard InChI is InChI=1S/C12H18N2OS/c1-10(16)12-4-3-11(9-13-12)14-5-2-7-15-8-6-14/h3-4,9-10,16H,2,5-8H2,1H3. The Kier molecular flexibility index (Phi) is 4.07. The molecule has 0 spiro atoms. The minimum atomic E-state index is 0.196. The molecule has 0 bridgehead atoms. The summed E-state index contributed by atoms with van der Waals surface area (Å²) in [5.41, 5.74) is 2.21. The van der Waals surface area contributed by atoms with E-state index in [0.717, 1.165) is 38.4 Å². The molecule has 0 saturated carbocycles. The lowest BCUT2D eigenvalue weighted by Crippen LogP contribution is -2.25. The minimum absolute atomic E-state index is 0.196. The largest absolute Gasteiger partial charge is 0.380 e. The van der Waals surface area contributed by atoms with Crippen molar-refractivity contribution in [1.82, 2.24) is 4.98 Å². The summed E-state index contributed by atoms with van der Waals surface area (Å²) in [5.74, 6) is 0. The van der Waals surface area contributed by atoms with Gasteiger partial charge < -0.3 is 9.64 Å². The molecule has 1 atom stereocenters. The molecule has 1 aromatic heterocycles. The summed E-state index contributed by atoms with van der Waals surface area (Å²) in [5, 5.41) is 0.196. The Labute approximate surface area is 102 Å². The van der Waals surface area contributed by atoms with Crippen molar-refractivity contribution in [2.45, 2.75) is 18.6 Å². The molecular formula is C12H18N2OS. The number of hydrogen-bond acceptors (Lipinski definition) is 4. The van der Waals surface area contributed by atoms with E-state index in [1.165, 1.54) is 5.69 Å². The molecule has 2 rings (SSSR count). The third kappa shape index (κ3) is 2.89. The highest BCUT2D eigenvalue weighted by Crippen LogP contribution is 2.20. The first-order valence-electron chi connectivity index (χ1n) is 5.74. The Morgan fingerprint density at radius 2 is 2.25 bits per heavy atom. The zero-order valence-corrected chi connectivity index (χ0v) is 10.5. The van der Waals surface area contributed by atoms with E-state index in [0.29, 0.717) is 0 Å². The molecule has 0 aromatic carbocycles. The molecule has 4 heteroatoms. The van der Waals surface area contributed by atoms with Crippen LogP contribution in [0.15, 0.2) is 18.3 Å². The summed E-state index contributed by atoms with van der Waals surface area (Å²) in [6.45, 7) is 5.72. The van der Waals surface area contributed by atoms with E-state index in [4.69, 9.17) is 4.74 Å². The van der Waals surface area contributed by atoms with Gasteiger partial charge in [0, 0.05) is 24.9 Å². The smallest absolute Gasteiger partial charge is 0.0641 e. The second-order valence-corrected chi connectivity index (χ2v) is 4.84. The number of thiol groups is 1. The predicted octanol–water partition coefficient (Wildman–Crippen LogP) is 2.30. The summed E-state index contributed by atoms with van der Waals surface area (Å²) in [4.78, 5) is 6.75. The maximum absolute atomic E-state index is 5.43. The highest BCUT2D eigenvalue weighted by Gasteiger charge is 2.10. The molecule has 0 radical (unpaired) electrons. The van der Waals surface area contributed by atoms with E-state index in [2.05, 4.69) is 34.6 Å². The number of ether oxygens (including phenoxy) is 1. The van der Waals surface area contributed by atoms with Crippen LogP contribution in [0.1, 0.15) is 24.3 Å². The van der Waals surface area contributed by atoms with Crippen LogP contribution in [-0.2, 0) is 4.74 Å². The van der Waals surface area contributed by atoms with Gasteiger partial charge in [-0.05, 0) is 25.5 Å². The Morgan fingerprint density at radius 3 is 2.94 bits per heavy atom. The molecule has 0 amide bonds. The highest BCUT2D eigenvalue weighted by molar-refractivity contribution is 7.80. The number of rotatable bonds is 2. The summed E-state index contributed by atoms with van der Waals surface area (Å²) in [7, 11) is 0. The van der Waals surface area contributed by atoms with Gasteiger partial charge in [-0.2, -0.15) is 12.6 Å². The van der Waals surface area contributed by atoms with Gasteiger partial charge in [0.25, 0.3) is 0 Å². The molecule has 1 aliphatic rings. The van der Waals surface area contributed by atoms with Crippen LogP contribution in [0.4, 0.5) is 5.69 Å². The van der Waals surface area contributed by atoms with Gasteiger partial charge in [0.2, 0.25) is 0 Å². The van der Waals surface area contributed by atoms with Crippen molar-refractivity contribution < 1.29 is 4.74 Å². The van der Waals surface area contributed by atoms with E-state index in [-0.39, 0.29) is 5.25 Å². The molecule has 1 aromatic rings. The van der Waals surface area contributed by atoms with E-state index in [1.807, 2.05) is 13.1 Å². The fourth-order valence-electron chi connectivity index (χ4n) is 1.84. The molecule has 0 aliphatic carbocycles. The van der Waals surface area contributed by atoms with Crippen molar-refractivity contribution >= 4 is 18.3 Å². The topological polar surface area (TPSA) is 25.4 Å². The monoisotopic (exact) mass is 238 g/mol. The van der Waals surface area contributed by atoms with Gasteiger partial charge in [0.1, 0.15) is 0 Å². The molecule has 1 aliphatic heterocycles. The average molecular weight is 238 g/mol. The van der Waals surface area contributed by atoms with Crippen molar-refractivity contribution in [2.24, 2.45) is 0 Å². The van der Waals surface area contributed by atoms with Crippen LogP contribution in [0.25, 0.3) is 0 Å². The van der Waals surface area contributed by atoms with Gasteiger partial charge in [-0.15, -0.1) is 0 Å². The van der Waals surface area contributed by atoms with Gasteiger partial charge in [-0.3, -0.25) is 4.98 Å². The molecule has 0 N–H and O–H groups in total. The second-order valence-electron chi connectivity index (χ2n) is 4.07.